The van der Waals surface area contributed by atoms with Crippen molar-refractivity contribution in [1.29, 1.82) is 0 Å². The van der Waals surface area contributed by atoms with Gasteiger partial charge in [0, 0.05) is 37.0 Å². The van der Waals surface area contributed by atoms with Crippen molar-refractivity contribution in [3.63, 3.8) is 0 Å². The van der Waals surface area contributed by atoms with E-state index in [9.17, 15) is 19.1 Å². The van der Waals surface area contributed by atoms with Gasteiger partial charge < -0.3 is 19.6 Å². The number of benzene rings is 3. The first-order chi connectivity index (χ1) is 17.1. The number of hydrogen-bond donors (Lipinski definition) is 1. The molecule has 0 aromatic heterocycles. The average molecular weight is 513 g/mol. The highest BCUT2D eigenvalue weighted by atomic mass is 35.5. The van der Waals surface area contributed by atoms with Gasteiger partial charge in [0.1, 0.15) is 0 Å². The lowest BCUT2D eigenvalue weighted by Gasteiger charge is -2.42. The van der Waals surface area contributed by atoms with Crippen molar-refractivity contribution < 1.29 is 23.8 Å². The monoisotopic (exact) mass is 512 g/mol. The van der Waals surface area contributed by atoms with Crippen molar-refractivity contribution in [3.8, 4) is 5.75 Å². The summed E-state index contributed by atoms with van der Waals surface area (Å²) in [4.78, 5) is 28.2. The fourth-order valence-corrected chi connectivity index (χ4v) is 5.41. The molecule has 1 fully saturated rings. The Kier molecular flexibility index (Phi) is 7.41. The fraction of sp³-hybridized carbons (Fsp3) is 0.357. The van der Waals surface area contributed by atoms with E-state index in [1.807, 2.05) is 43.3 Å². The Morgan fingerprint density at radius 2 is 1.86 bits per heavy atom. The summed E-state index contributed by atoms with van der Waals surface area (Å²) in [6.07, 6.45) is -0.0292. The van der Waals surface area contributed by atoms with E-state index in [1.54, 1.807) is 24.1 Å². The molecule has 6 nitrogen and oxygen atoms in total. The van der Waals surface area contributed by atoms with Crippen LogP contribution in [0.25, 0.3) is 10.8 Å². The highest BCUT2D eigenvalue weighted by Gasteiger charge is 2.41. The zero-order valence-electron chi connectivity index (χ0n) is 20.6. The molecule has 1 atom stereocenters. The summed E-state index contributed by atoms with van der Waals surface area (Å²) in [7, 11) is 3.16. The number of rotatable bonds is 6. The van der Waals surface area contributed by atoms with Crippen LogP contribution >= 0.6 is 11.6 Å². The van der Waals surface area contributed by atoms with Gasteiger partial charge in [0.25, 0.3) is 0 Å². The lowest BCUT2D eigenvalue weighted by molar-refractivity contribution is -0.133. The van der Waals surface area contributed by atoms with E-state index in [4.69, 9.17) is 16.3 Å². The lowest BCUT2D eigenvalue weighted by Crippen LogP contribution is -2.47. The van der Waals surface area contributed by atoms with Crippen molar-refractivity contribution >= 4 is 34.4 Å². The molecule has 2 amide bonds. The Bertz CT molecular complexity index is 1290. The molecule has 0 aliphatic carbocycles. The number of nitrogens with zero attached hydrogens (tertiary/aromatic N) is 2. The summed E-state index contributed by atoms with van der Waals surface area (Å²) >= 11 is 6.39. The van der Waals surface area contributed by atoms with E-state index >= 15 is 0 Å². The number of methoxy groups -OCH3 is 1. The molecule has 1 unspecified atom stereocenters. The van der Waals surface area contributed by atoms with Crippen molar-refractivity contribution in [2.24, 2.45) is 0 Å². The van der Waals surface area contributed by atoms with Crippen LogP contribution in [0.3, 0.4) is 0 Å². The lowest BCUT2D eigenvalue weighted by atomic mass is 9.70. The Morgan fingerprint density at radius 1 is 1.17 bits per heavy atom. The molecule has 0 bridgehead atoms. The van der Waals surface area contributed by atoms with Crippen LogP contribution in [-0.2, 0) is 10.2 Å². The number of carboxylic acid groups (broad SMARTS) is 1. The third kappa shape index (κ3) is 4.98. The number of fused-ring (bicyclic) bond motifs is 1. The van der Waals surface area contributed by atoms with Crippen LogP contribution in [0.5, 0.6) is 5.75 Å². The van der Waals surface area contributed by atoms with Gasteiger partial charge in [-0.3, -0.25) is 4.79 Å². The van der Waals surface area contributed by atoms with Gasteiger partial charge in [-0.1, -0.05) is 41.9 Å². The molecule has 3 aromatic carbocycles. The third-order valence-corrected chi connectivity index (χ3v) is 7.75. The maximum atomic E-state index is 14.7. The van der Waals surface area contributed by atoms with Crippen LogP contribution in [0.1, 0.15) is 43.4 Å². The molecule has 1 heterocycles. The van der Waals surface area contributed by atoms with Crippen molar-refractivity contribution in [2.45, 2.75) is 37.6 Å². The standard InChI is InChI=1S/C28H30ClFN2O4/c1-18(23-16-21(29)14-19-6-4-5-7-22(19)23)31(2)26(33)17-28(10-12-32(13-11-28)27(34)35)20-8-9-25(36-3)24(30)15-20/h4-9,14-16,18H,10-13,17H2,1-3H3,(H,34,35). The van der Waals surface area contributed by atoms with E-state index in [2.05, 4.69) is 0 Å². The molecule has 1 aliphatic heterocycles. The Hall–Kier alpha value is -3.32. The fourth-order valence-electron chi connectivity index (χ4n) is 5.18. The van der Waals surface area contributed by atoms with Crippen LogP contribution in [0.15, 0.2) is 54.6 Å². The predicted molar refractivity (Wildman–Crippen MR) is 138 cm³/mol. The molecule has 1 N–H and O–H groups in total. The summed E-state index contributed by atoms with van der Waals surface area (Å²) in [5.74, 6) is -0.483. The minimum Gasteiger partial charge on any atom is -0.494 e. The molecule has 0 spiro atoms. The molecule has 0 saturated carbocycles. The number of carbonyl (C=O) groups is 2. The summed E-state index contributed by atoms with van der Waals surface area (Å²) < 4.78 is 19.7. The number of piperidine rings is 1. The number of amides is 2. The van der Waals surface area contributed by atoms with E-state index in [1.165, 1.54) is 18.1 Å². The number of ether oxygens (including phenoxy) is 1. The number of likely N-dealkylation sites (tertiary alicyclic amines) is 1. The zero-order valence-corrected chi connectivity index (χ0v) is 21.4. The van der Waals surface area contributed by atoms with Gasteiger partial charge in [-0.25, -0.2) is 9.18 Å². The minimum absolute atomic E-state index is 0.105. The smallest absolute Gasteiger partial charge is 0.407 e. The molecule has 1 aliphatic rings. The van der Waals surface area contributed by atoms with Crippen molar-refractivity contribution in [1.82, 2.24) is 9.80 Å². The molecular formula is C28H30ClFN2O4. The highest BCUT2D eigenvalue weighted by Crippen LogP contribution is 2.41. The number of carbonyl (C=O) groups excluding carboxylic acids is 1. The molecule has 8 heteroatoms. The summed E-state index contributed by atoms with van der Waals surface area (Å²) in [5, 5.41) is 12.1. The van der Waals surface area contributed by atoms with Crippen LogP contribution < -0.4 is 4.74 Å². The average Bonchev–Trinajstić information content (AvgIpc) is 2.87. The van der Waals surface area contributed by atoms with E-state index in [0.29, 0.717) is 23.4 Å². The number of hydrogen-bond acceptors (Lipinski definition) is 3. The second-order valence-corrected chi connectivity index (χ2v) is 9.91. The van der Waals surface area contributed by atoms with Gasteiger partial charge >= 0.3 is 6.09 Å². The highest BCUT2D eigenvalue weighted by molar-refractivity contribution is 6.31. The predicted octanol–water partition coefficient (Wildman–Crippen LogP) is 6.26. The Morgan fingerprint density at radius 3 is 2.50 bits per heavy atom. The van der Waals surface area contributed by atoms with Crippen LogP contribution in [0.4, 0.5) is 9.18 Å². The largest absolute Gasteiger partial charge is 0.494 e. The van der Waals surface area contributed by atoms with E-state index in [-0.39, 0.29) is 37.2 Å². The Balaban J connectivity index is 1.64. The minimum atomic E-state index is -0.991. The topological polar surface area (TPSA) is 70.1 Å². The Labute approximate surface area is 215 Å². The van der Waals surface area contributed by atoms with Crippen molar-refractivity contribution in [3.05, 3.63) is 76.6 Å². The van der Waals surface area contributed by atoms with Crippen molar-refractivity contribution in [2.75, 3.05) is 27.2 Å². The first-order valence-electron chi connectivity index (χ1n) is 11.9. The van der Waals surface area contributed by atoms with Gasteiger partial charge in [-0.15, -0.1) is 0 Å². The molecular weight excluding hydrogens is 483 g/mol. The summed E-state index contributed by atoms with van der Waals surface area (Å²) in [5.41, 5.74) is 0.924. The number of halogens is 2. The maximum absolute atomic E-state index is 14.7. The molecule has 1 saturated heterocycles. The molecule has 0 radical (unpaired) electrons. The molecule has 3 aromatic rings. The van der Waals surface area contributed by atoms with E-state index in [0.717, 1.165) is 16.3 Å². The normalized spacial score (nSPS) is 16.0. The summed E-state index contributed by atoms with van der Waals surface area (Å²) in [6.45, 7) is 2.51. The quantitative estimate of drug-likeness (QED) is 0.423. The first kappa shape index (κ1) is 25.8. The SMILES string of the molecule is COc1ccc(C2(CC(=O)N(C)C(C)c3cc(Cl)cc4ccccc34)CCN(C(=O)O)CC2)cc1F. The second-order valence-electron chi connectivity index (χ2n) is 9.47. The van der Waals surface area contributed by atoms with Crippen LogP contribution in [-0.4, -0.2) is 54.2 Å². The molecule has 4 rings (SSSR count). The first-order valence-corrected chi connectivity index (χ1v) is 12.3. The van der Waals surface area contributed by atoms with Gasteiger partial charge in [-0.05, 0) is 65.9 Å². The van der Waals surface area contributed by atoms with Gasteiger partial charge in [-0.2, -0.15) is 0 Å². The second kappa shape index (κ2) is 10.3. The van der Waals surface area contributed by atoms with Crippen LogP contribution in [0, 0.1) is 5.82 Å². The van der Waals surface area contributed by atoms with E-state index < -0.39 is 17.3 Å². The molecule has 36 heavy (non-hydrogen) atoms. The van der Waals surface area contributed by atoms with Gasteiger partial charge in [0.05, 0.1) is 13.2 Å². The van der Waals surface area contributed by atoms with Crippen LogP contribution in [0.2, 0.25) is 5.02 Å². The zero-order chi connectivity index (χ0) is 26.0. The third-order valence-electron chi connectivity index (χ3n) is 7.53. The summed E-state index contributed by atoms with van der Waals surface area (Å²) in [6, 6.07) is 16.2. The van der Waals surface area contributed by atoms with Gasteiger partial charge in [0.2, 0.25) is 5.91 Å². The van der Waals surface area contributed by atoms with Gasteiger partial charge in [0.15, 0.2) is 11.6 Å². The maximum Gasteiger partial charge on any atom is 0.407 e. The molecule has 190 valence electrons.